The fourth-order valence-corrected chi connectivity index (χ4v) is 2.96. The summed E-state index contributed by atoms with van der Waals surface area (Å²) in [4.78, 5) is 0. The van der Waals surface area contributed by atoms with Gasteiger partial charge in [0.15, 0.2) is 0 Å². The molecule has 0 saturated carbocycles. The van der Waals surface area contributed by atoms with Crippen molar-refractivity contribution < 1.29 is 9.47 Å². The number of allylic oxidation sites excluding steroid dienone is 6. The molecule has 0 fully saturated rings. The Kier molecular flexibility index (Phi) is 15.9. The molecule has 0 spiro atoms. The predicted octanol–water partition coefficient (Wildman–Crippen LogP) is 9.87. The summed E-state index contributed by atoms with van der Waals surface area (Å²) in [7, 11) is 0. The Morgan fingerprint density at radius 3 is 1.29 bits per heavy atom. The Morgan fingerprint density at radius 2 is 0.941 bits per heavy atom. The van der Waals surface area contributed by atoms with Crippen molar-refractivity contribution in [3.8, 4) is 11.5 Å². The second-order valence-electron chi connectivity index (χ2n) is 9.01. The van der Waals surface area contributed by atoms with Crippen molar-refractivity contribution in [2.24, 2.45) is 0 Å². The van der Waals surface area contributed by atoms with E-state index in [2.05, 4.69) is 65.8 Å². The van der Waals surface area contributed by atoms with Gasteiger partial charge < -0.3 is 9.47 Å². The summed E-state index contributed by atoms with van der Waals surface area (Å²) < 4.78 is 11.2. The van der Waals surface area contributed by atoms with Gasteiger partial charge in [-0.3, -0.25) is 0 Å². The molecule has 2 nitrogen and oxygen atoms in total. The quantitative estimate of drug-likeness (QED) is 0.232. The highest BCUT2D eigenvalue weighted by atomic mass is 16.5. The summed E-state index contributed by atoms with van der Waals surface area (Å²) >= 11 is 0. The lowest BCUT2D eigenvalue weighted by molar-refractivity contribution is 0.192. The number of hydrogen-bond donors (Lipinski definition) is 0. The van der Waals surface area contributed by atoms with Gasteiger partial charge in [-0.1, -0.05) is 83.0 Å². The van der Waals surface area contributed by atoms with Crippen LogP contribution in [-0.2, 0) is 4.74 Å². The molecule has 2 heteroatoms. The van der Waals surface area contributed by atoms with Crippen LogP contribution in [0.2, 0.25) is 0 Å². The van der Waals surface area contributed by atoms with E-state index < -0.39 is 0 Å². The van der Waals surface area contributed by atoms with Gasteiger partial charge in [0, 0.05) is 0 Å². The molecule has 2 aromatic rings. The zero-order valence-electron chi connectivity index (χ0n) is 22.1. The molecule has 2 rings (SSSR count). The minimum atomic E-state index is 0.721. The third-order valence-corrected chi connectivity index (χ3v) is 5.00. The topological polar surface area (TPSA) is 18.5 Å². The molecule has 34 heavy (non-hydrogen) atoms. The first-order valence-electron chi connectivity index (χ1n) is 12.3. The standard InChI is InChI=1S/C20H34O.C12H10O/c1-17(2)9-7-11-19(5)13-15-21-16-14-20(6)12-8-10-18(3)4;1-3-7-11(8-4-1)13-12-9-5-2-6-10-12/h9-10,13-14H,7-8,11-12,15-16H2,1-6H3;1-10H/b19-13+,20-14+;. The highest BCUT2D eigenvalue weighted by Gasteiger charge is 1.93. The van der Waals surface area contributed by atoms with Gasteiger partial charge in [0.1, 0.15) is 11.5 Å². The van der Waals surface area contributed by atoms with E-state index in [1.165, 1.54) is 22.3 Å². The van der Waals surface area contributed by atoms with E-state index in [0.29, 0.717) is 0 Å². The molecule has 0 heterocycles. The maximum atomic E-state index is 5.65. The van der Waals surface area contributed by atoms with Crippen molar-refractivity contribution in [1.29, 1.82) is 0 Å². The Bertz CT molecular complexity index is 819. The largest absolute Gasteiger partial charge is 0.457 e. The Hall–Kier alpha value is -2.84. The molecular weight excluding hydrogens is 416 g/mol. The molecule has 0 aliphatic carbocycles. The van der Waals surface area contributed by atoms with Crippen LogP contribution < -0.4 is 4.74 Å². The van der Waals surface area contributed by atoms with Gasteiger partial charge >= 0.3 is 0 Å². The van der Waals surface area contributed by atoms with E-state index in [1.54, 1.807) is 0 Å². The van der Waals surface area contributed by atoms with Gasteiger partial charge in [-0.05, 0) is 91.5 Å². The van der Waals surface area contributed by atoms with Crippen molar-refractivity contribution in [2.45, 2.75) is 67.2 Å². The van der Waals surface area contributed by atoms with Crippen molar-refractivity contribution in [2.75, 3.05) is 13.2 Å². The fraction of sp³-hybridized carbons (Fsp3) is 0.375. The van der Waals surface area contributed by atoms with Gasteiger partial charge in [-0.2, -0.15) is 0 Å². The van der Waals surface area contributed by atoms with Gasteiger partial charge in [-0.15, -0.1) is 0 Å². The molecule has 0 saturated heterocycles. The summed E-state index contributed by atoms with van der Waals surface area (Å²) in [5.74, 6) is 1.74. The first-order valence-corrected chi connectivity index (χ1v) is 12.3. The monoisotopic (exact) mass is 460 g/mol. The molecule has 0 aliphatic heterocycles. The van der Waals surface area contributed by atoms with Crippen LogP contribution in [0, 0.1) is 0 Å². The number of rotatable bonds is 12. The number of benzene rings is 2. The Morgan fingerprint density at radius 1 is 0.559 bits per heavy atom. The third-order valence-electron chi connectivity index (χ3n) is 5.00. The van der Waals surface area contributed by atoms with Crippen LogP contribution in [0.25, 0.3) is 0 Å². The van der Waals surface area contributed by atoms with Crippen LogP contribution in [0.1, 0.15) is 67.2 Å². The highest BCUT2D eigenvalue weighted by molar-refractivity contribution is 5.30. The van der Waals surface area contributed by atoms with Gasteiger partial charge in [-0.25, -0.2) is 0 Å². The molecule has 184 valence electrons. The lowest BCUT2D eigenvalue weighted by Gasteiger charge is -2.03. The minimum Gasteiger partial charge on any atom is -0.457 e. The van der Waals surface area contributed by atoms with Crippen molar-refractivity contribution in [3.05, 3.63) is 107 Å². The van der Waals surface area contributed by atoms with Gasteiger partial charge in [0.05, 0.1) is 13.2 Å². The van der Waals surface area contributed by atoms with Crippen LogP contribution in [0.15, 0.2) is 107 Å². The molecular formula is C32H44O2. The molecule has 0 bridgehead atoms. The predicted molar refractivity (Wildman–Crippen MR) is 149 cm³/mol. The SMILES string of the molecule is CC(C)=CCC/C(C)=C/COC/C=C(\C)CCC=C(C)C.c1ccc(Oc2ccccc2)cc1. The smallest absolute Gasteiger partial charge is 0.127 e. The number of para-hydroxylation sites is 2. The van der Waals surface area contributed by atoms with Crippen LogP contribution in [0.4, 0.5) is 0 Å². The molecule has 0 N–H and O–H groups in total. The average Bonchev–Trinajstić information content (AvgIpc) is 2.80. The summed E-state index contributed by atoms with van der Waals surface area (Å²) in [6.45, 7) is 14.4. The fourth-order valence-electron chi connectivity index (χ4n) is 2.96. The van der Waals surface area contributed by atoms with Crippen LogP contribution >= 0.6 is 0 Å². The Labute approximate surface area is 208 Å². The van der Waals surface area contributed by atoms with Crippen LogP contribution in [-0.4, -0.2) is 13.2 Å². The Balaban J connectivity index is 0.000000375. The maximum absolute atomic E-state index is 5.65. The van der Waals surface area contributed by atoms with E-state index in [-0.39, 0.29) is 0 Å². The minimum absolute atomic E-state index is 0.721. The normalized spacial score (nSPS) is 11.2. The van der Waals surface area contributed by atoms with Crippen LogP contribution in [0.3, 0.4) is 0 Å². The second kappa shape index (κ2) is 18.6. The second-order valence-corrected chi connectivity index (χ2v) is 9.01. The third kappa shape index (κ3) is 16.7. The summed E-state index contributed by atoms with van der Waals surface area (Å²) in [6, 6.07) is 19.5. The molecule has 0 aromatic heterocycles. The molecule has 0 atom stereocenters. The molecule has 0 radical (unpaired) electrons. The zero-order chi connectivity index (χ0) is 25.0. The van der Waals surface area contributed by atoms with E-state index in [1.807, 2.05) is 60.7 Å². The van der Waals surface area contributed by atoms with E-state index in [4.69, 9.17) is 9.47 Å². The first kappa shape index (κ1) is 29.2. The zero-order valence-corrected chi connectivity index (χ0v) is 22.1. The molecule has 2 aromatic carbocycles. The first-order chi connectivity index (χ1) is 16.4. The van der Waals surface area contributed by atoms with Crippen molar-refractivity contribution in [3.63, 3.8) is 0 Å². The van der Waals surface area contributed by atoms with Crippen molar-refractivity contribution in [1.82, 2.24) is 0 Å². The molecule has 0 aliphatic rings. The van der Waals surface area contributed by atoms with E-state index in [9.17, 15) is 0 Å². The highest BCUT2D eigenvalue weighted by Crippen LogP contribution is 2.19. The molecule has 0 amide bonds. The van der Waals surface area contributed by atoms with Gasteiger partial charge in [0.25, 0.3) is 0 Å². The average molecular weight is 461 g/mol. The molecule has 0 unspecified atom stereocenters. The lowest BCUT2D eigenvalue weighted by atomic mass is 10.1. The van der Waals surface area contributed by atoms with E-state index in [0.717, 1.165) is 50.4 Å². The number of ether oxygens (including phenoxy) is 2. The maximum Gasteiger partial charge on any atom is 0.127 e. The van der Waals surface area contributed by atoms with Crippen LogP contribution in [0.5, 0.6) is 11.5 Å². The lowest BCUT2D eigenvalue weighted by Crippen LogP contribution is -1.93. The summed E-state index contributed by atoms with van der Waals surface area (Å²) in [6.07, 6.45) is 13.5. The van der Waals surface area contributed by atoms with Crippen molar-refractivity contribution >= 4 is 0 Å². The summed E-state index contributed by atoms with van der Waals surface area (Å²) in [5, 5.41) is 0. The van der Waals surface area contributed by atoms with E-state index >= 15 is 0 Å². The number of hydrogen-bond acceptors (Lipinski definition) is 2. The summed E-state index contributed by atoms with van der Waals surface area (Å²) in [5.41, 5.74) is 5.62. The van der Waals surface area contributed by atoms with Gasteiger partial charge in [0.2, 0.25) is 0 Å².